The summed E-state index contributed by atoms with van der Waals surface area (Å²) in [5, 5.41) is 0. The first-order valence-corrected chi connectivity index (χ1v) is 8.85. The lowest BCUT2D eigenvalue weighted by atomic mass is 10.0. The molecule has 1 aromatic rings. The van der Waals surface area contributed by atoms with Crippen LogP contribution in [0.1, 0.15) is 19.4 Å². The summed E-state index contributed by atoms with van der Waals surface area (Å²) in [6, 6.07) is 5.35. The van der Waals surface area contributed by atoms with Crippen molar-refractivity contribution in [3.63, 3.8) is 0 Å². The monoisotopic (exact) mass is 360 g/mol. The molecule has 20 heavy (non-hydrogen) atoms. The van der Waals surface area contributed by atoms with Crippen LogP contribution in [0.25, 0.3) is 0 Å². The third-order valence-corrected chi connectivity index (χ3v) is 6.81. The van der Waals surface area contributed by atoms with Gasteiger partial charge in [0.25, 0.3) is 0 Å². The highest BCUT2D eigenvalue weighted by Gasteiger charge is 2.37. The molecule has 0 radical (unpaired) electrons. The predicted octanol–water partition coefficient (Wildman–Crippen LogP) is 2.47. The van der Waals surface area contributed by atoms with Gasteiger partial charge in [0.05, 0.1) is 4.90 Å². The summed E-state index contributed by atoms with van der Waals surface area (Å²) >= 11 is 3.37. The van der Waals surface area contributed by atoms with Crippen LogP contribution in [0.4, 0.5) is 0 Å². The zero-order chi connectivity index (χ0) is 15.1. The van der Waals surface area contributed by atoms with E-state index in [-0.39, 0.29) is 5.54 Å². The summed E-state index contributed by atoms with van der Waals surface area (Å²) in [4.78, 5) is 2.55. The molecule has 1 fully saturated rings. The number of rotatable bonds is 2. The first-order chi connectivity index (χ1) is 9.14. The molecule has 0 amide bonds. The van der Waals surface area contributed by atoms with E-state index in [0.29, 0.717) is 22.5 Å². The summed E-state index contributed by atoms with van der Waals surface area (Å²) in [5.41, 5.74) is 0.886. The van der Waals surface area contributed by atoms with E-state index >= 15 is 0 Å². The summed E-state index contributed by atoms with van der Waals surface area (Å²) < 4.78 is 27.8. The fourth-order valence-corrected chi connectivity index (χ4v) is 5.09. The van der Waals surface area contributed by atoms with Crippen molar-refractivity contribution in [1.29, 1.82) is 0 Å². The van der Waals surface area contributed by atoms with Crippen molar-refractivity contribution in [1.82, 2.24) is 9.21 Å². The fraction of sp³-hybridized carbons (Fsp3) is 0.571. The number of aryl methyl sites for hydroxylation is 1. The molecule has 0 N–H and O–H groups in total. The van der Waals surface area contributed by atoms with E-state index in [9.17, 15) is 8.42 Å². The van der Waals surface area contributed by atoms with Crippen LogP contribution >= 0.6 is 15.9 Å². The first-order valence-electron chi connectivity index (χ1n) is 6.62. The maximum atomic E-state index is 12.8. The lowest BCUT2D eigenvalue weighted by molar-refractivity contribution is 0.0801. The largest absolute Gasteiger partial charge is 0.299 e. The molecule has 0 aliphatic carbocycles. The predicted molar refractivity (Wildman–Crippen MR) is 84.3 cm³/mol. The number of piperazine rings is 1. The summed E-state index contributed by atoms with van der Waals surface area (Å²) in [6.45, 7) is 7.86. The van der Waals surface area contributed by atoms with Gasteiger partial charge in [-0.1, -0.05) is 6.07 Å². The Bertz CT molecular complexity index is 614. The molecular weight excluding hydrogens is 340 g/mol. The SMILES string of the molecule is Cc1ccc(S(=O)(=O)N2CCN(C)C(C)(C)C2)c(Br)c1. The van der Waals surface area contributed by atoms with Crippen LogP contribution in [0.2, 0.25) is 0 Å². The third-order valence-electron chi connectivity index (χ3n) is 3.99. The zero-order valence-corrected chi connectivity index (χ0v) is 14.8. The van der Waals surface area contributed by atoms with Crippen molar-refractivity contribution in [3.05, 3.63) is 28.2 Å². The number of halogens is 1. The van der Waals surface area contributed by atoms with E-state index in [1.807, 2.05) is 26.1 Å². The van der Waals surface area contributed by atoms with Crippen molar-refractivity contribution in [3.8, 4) is 0 Å². The van der Waals surface area contributed by atoms with E-state index < -0.39 is 10.0 Å². The number of nitrogens with zero attached hydrogens (tertiary/aromatic N) is 2. The highest BCUT2D eigenvalue weighted by atomic mass is 79.9. The Labute approximate surface area is 129 Å². The Morgan fingerprint density at radius 3 is 2.45 bits per heavy atom. The molecule has 112 valence electrons. The zero-order valence-electron chi connectivity index (χ0n) is 12.4. The van der Waals surface area contributed by atoms with Crippen LogP contribution in [-0.4, -0.2) is 49.8 Å². The molecule has 6 heteroatoms. The number of hydrogen-bond donors (Lipinski definition) is 0. The van der Waals surface area contributed by atoms with Crippen molar-refractivity contribution in [2.24, 2.45) is 0 Å². The topological polar surface area (TPSA) is 40.6 Å². The van der Waals surface area contributed by atoms with Crippen molar-refractivity contribution >= 4 is 26.0 Å². The molecule has 0 unspecified atom stereocenters. The van der Waals surface area contributed by atoms with Gasteiger partial charge in [0.2, 0.25) is 10.0 Å². The quantitative estimate of drug-likeness (QED) is 0.813. The highest BCUT2D eigenvalue weighted by molar-refractivity contribution is 9.10. The van der Waals surface area contributed by atoms with E-state index in [1.165, 1.54) is 0 Å². The standard InChI is InChI=1S/C14H21BrN2O2S/c1-11-5-6-13(12(15)9-11)20(18,19)17-8-7-16(4)14(2,3)10-17/h5-6,9H,7-8,10H2,1-4H3. The second-order valence-electron chi connectivity index (χ2n) is 6.01. The minimum atomic E-state index is -3.44. The maximum absolute atomic E-state index is 12.8. The molecule has 0 bridgehead atoms. The first kappa shape index (κ1) is 15.9. The Hall–Kier alpha value is -0.430. The van der Waals surface area contributed by atoms with Gasteiger partial charge in [0, 0.05) is 29.6 Å². The van der Waals surface area contributed by atoms with E-state index in [2.05, 4.69) is 34.7 Å². The van der Waals surface area contributed by atoms with Gasteiger partial charge in [-0.3, -0.25) is 4.90 Å². The normalized spacial score (nSPS) is 21.1. The summed E-state index contributed by atoms with van der Waals surface area (Å²) in [6.07, 6.45) is 0. The molecule has 0 saturated carbocycles. The van der Waals surface area contributed by atoms with E-state index in [1.54, 1.807) is 10.4 Å². The van der Waals surface area contributed by atoms with Crippen LogP contribution in [0.5, 0.6) is 0 Å². The van der Waals surface area contributed by atoms with Gasteiger partial charge in [-0.2, -0.15) is 4.31 Å². The van der Waals surface area contributed by atoms with Gasteiger partial charge in [0.15, 0.2) is 0 Å². The van der Waals surface area contributed by atoms with Crippen LogP contribution in [-0.2, 0) is 10.0 Å². The van der Waals surface area contributed by atoms with Gasteiger partial charge in [-0.25, -0.2) is 8.42 Å². The lowest BCUT2D eigenvalue weighted by Gasteiger charge is -2.44. The fourth-order valence-electron chi connectivity index (χ4n) is 2.35. The number of sulfonamides is 1. The van der Waals surface area contributed by atoms with Gasteiger partial charge in [0.1, 0.15) is 0 Å². The van der Waals surface area contributed by atoms with Crippen molar-refractivity contribution in [2.45, 2.75) is 31.2 Å². The molecule has 1 saturated heterocycles. The molecule has 4 nitrogen and oxygen atoms in total. The number of likely N-dealkylation sites (N-methyl/N-ethyl adjacent to an activating group) is 1. The lowest BCUT2D eigenvalue weighted by Crippen LogP contribution is -2.58. The number of hydrogen-bond acceptors (Lipinski definition) is 3. The van der Waals surface area contributed by atoms with Gasteiger partial charge in [-0.05, 0) is 61.4 Å². The molecule has 0 atom stereocenters. The number of benzene rings is 1. The second-order valence-corrected chi connectivity index (χ2v) is 8.77. The molecule has 1 aliphatic heterocycles. The van der Waals surface area contributed by atoms with Gasteiger partial charge in [-0.15, -0.1) is 0 Å². The molecular formula is C14H21BrN2O2S. The molecule has 2 rings (SSSR count). The summed E-state index contributed by atoms with van der Waals surface area (Å²) in [7, 11) is -1.41. The summed E-state index contributed by atoms with van der Waals surface area (Å²) in [5.74, 6) is 0. The van der Waals surface area contributed by atoms with Crippen molar-refractivity contribution < 1.29 is 8.42 Å². The van der Waals surface area contributed by atoms with Crippen molar-refractivity contribution in [2.75, 3.05) is 26.7 Å². The average Bonchev–Trinajstić information content (AvgIpc) is 2.31. The van der Waals surface area contributed by atoms with Crippen LogP contribution in [0.3, 0.4) is 0 Å². The van der Waals surface area contributed by atoms with Crippen LogP contribution in [0, 0.1) is 6.92 Å². The second kappa shape index (κ2) is 5.40. The smallest absolute Gasteiger partial charge is 0.244 e. The third kappa shape index (κ3) is 2.93. The molecule has 0 aromatic heterocycles. The Balaban J connectivity index is 2.36. The van der Waals surface area contributed by atoms with Gasteiger partial charge < -0.3 is 0 Å². The molecule has 1 heterocycles. The average molecular weight is 361 g/mol. The Morgan fingerprint density at radius 2 is 1.90 bits per heavy atom. The molecule has 0 spiro atoms. The Kier molecular flexibility index (Phi) is 4.31. The van der Waals surface area contributed by atoms with E-state index in [4.69, 9.17) is 0 Å². The van der Waals surface area contributed by atoms with Gasteiger partial charge >= 0.3 is 0 Å². The van der Waals surface area contributed by atoms with E-state index in [0.717, 1.165) is 12.1 Å². The molecule has 1 aliphatic rings. The van der Waals surface area contributed by atoms with Crippen LogP contribution < -0.4 is 0 Å². The molecule has 1 aromatic carbocycles. The Morgan fingerprint density at radius 1 is 1.25 bits per heavy atom. The minimum Gasteiger partial charge on any atom is -0.299 e. The highest BCUT2D eigenvalue weighted by Crippen LogP contribution is 2.29. The minimum absolute atomic E-state index is 0.150. The van der Waals surface area contributed by atoms with Crippen LogP contribution in [0.15, 0.2) is 27.6 Å². The maximum Gasteiger partial charge on any atom is 0.244 e.